The van der Waals surface area contributed by atoms with Gasteiger partial charge in [-0.05, 0) is 41.3 Å². The van der Waals surface area contributed by atoms with Crippen LogP contribution < -0.4 is 10.6 Å². The lowest BCUT2D eigenvalue weighted by atomic mass is 10.0. The van der Waals surface area contributed by atoms with E-state index in [1.165, 1.54) is 22.0 Å². The summed E-state index contributed by atoms with van der Waals surface area (Å²) in [7, 11) is 0. The number of nitrogen functional groups attached to an aromatic ring is 1. The molecule has 0 fully saturated rings. The molecule has 5 nitrogen and oxygen atoms in total. The lowest BCUT2D eigenvalue weighted by Gasteiger charge is -2.09. The Morgan fingerprint density at radius 1 is 1.08 bits per heavy atom. The number of hydrogen-bond donors (Lipinski definition) is 1. The molecule has 0 aliphatic heterocycles. The van der Waals surface area contributed by atoms with Crippen LogP contribution in [0.5, 0.6) is 5.75 Å². The number of benzene rings is 2. The third-order valence-electron chi connectivity index (χ3n) is 3.93. The molecule has 0 saturated heterocycles. The standard InChI is InChI=1S/C19H21ClN4OS/c1-13(2)15-5-9-17(10-6-15)25-11-18-22-23-19(24(18)21)26-12-14-3-7-16(20)8-4-14/h3-10,13H,11-12,21H2,1-2H3. The molecule has 0 saturated carbocycles. The Morgan fingerprint density at radius 2 is 1.77 bits per heavy atom. The van der Waals surface area contributed by atoms with Crippen LogP contribution in [-0.2, 0) is 12.4 Å². The van der Waals surface area contributed by atoms with Crippen LogP contribution in [0.4, 0.5) is 0 Å². The SMILES string of the molecule is CC(C)c1ccc(OCc2nnc(SCc3ccc(Cl)cc3)n2N)cc1. The van der Waals surface area contributed by atoms with E-state index in [1.807, 2.05) is 36.4 Å². The maximum absolute atomic E-state index is 6.09. The number of halogens is 1. The highest BCUT2D eigenvalue weighted by Gasteiger charge is 2.11. The second-order valence-electron chi connectivity index (χ2n) is 6.20. The third-order valence-corrected chi connectivity index (χ3v) is 5.20. The van der Waals surface area contributed by atoms with Gasteiger partial charge in [-0.2, -0.15) is 0 Å². The van der Waals surface area contributed by atoms with Gasteiger partial charge in [0.15, 0.2) is 5.82 Å². The zero-order valence-corrected chi connectivity index (χ0v) is 16.3. The van der Waals surface area contributed by atoms with Gasteiger partial charge in [-0.1, -0.05) is 61.5 Å². The van der Waals surface area contributed by atoms with Crippen LogP contribution in [0.3, 0.4) is 0 Å². The molecule has 0 aliphatic carbocycles. The van der Waals surface area contributed by atoms with Crippen molar-refractivity contribution in [1.29, 1.82) is 0 Å². The summed E-state index contributed by atoms with van der Waals surface area (Å²) in [4.78, 5) is 0. The van der Waals surface area contributed by atoms with Gasteiger partial charge in [0.1, 0.15) is 12.4 Å². The van der Waals surface area contributed by atoms with Gasteiger partial charge >= 0.3 is 0 Å². The average Bonchev–Trinajstić information content (AvgIpc) is 3.00. The van der Waals surface area contributed by atoms with Gasteiger partial charge in [-0.15, -0.1) is 10.2 Å². The number of nitrogens with zero attached hydrogens (tertiary/aromatic N) is 3. The number of ether oxygens (including phenoxy) is 1. The average molecular weight is 389 g/mol. The van der Waals surface area contributed by atoms with Crippen molar-refractivity contribution < 1.29 is 4.74 Å². The van der Waals surface area contributed by atoms with E-state index >= 15 is 0 Å². The van der Waals surface area contributed by atoms with Gasteiger partial charge in [0.25, 0.3) is 0 Å². The van der Waals surface area contributed by atoms with Crippen molar-refractivity contribution in [3.8, 4) is 5.75 Å². The summed E-state index contributed by atoms with van der Waals surface area (Å²) in [5.41, 5.74) is 2.42. The van der Waals surface area contributed by atoms with Crippen molar-refractivity contribution in [3.05, 3.63) is 70.5 Å². The number of rotatable bonds is 7. The highest BCUT2D eigenvalue weighted by atomic mass is 35.5. The Hall–Kier alpha value is -2.18. The Kier molecular flexibility index (Phi) is 6.06. The van der Waals surface area contributed by atoms with E-state index in [4.69, 9.17) is 22.2 Å². The predicted octanol–water partition coefficient (Wildman–Crippen LogP) is 4.64. The summed E-state index contributed by atoms with van der Waals surface area (Å²) >= 11 is 7.42. The molecule has 7 heteroatoms. The van der Waals surface area contributed by atoms with Gasteiger partial charge in [0.2, 0.25) is 5.16 Å². The molecule has 0 bridgehead atoms. The zero-order chi connectivity index (χ0) is 18.5. The molecule has 1 aromatic heterocycles. The van der Waals surface area contributed by atoms with Gasteiger partial charge in [0, 0.05) is 10.8 Å². The molecule has 2 aromatic carbocycles. The van der Waals surface area contributed by atoms with E-state index in [1.54, 1.807) is 0 Å². The Labute approximate surface area is 162 Å². The maximum Gasteiger partial charge on any atom is 0.210 e. The fourth-order valence-electron chi connectivity index (χ4n) is 2.33. The highest BCUT2D eigenvalue weighted by Crippen LogP contribution is 2.22. The molecule has 0 spiro atoms. The second kappa shape index (κ2) is 8.47. The van der Waals surface area contributed by atoms with Crippen LogP contribution >= 0.6 is 23.4 Å². The monoisotopic (exact) mass is 388 g/mol. The van der Waals surface area contributed by atoms with E-state index < -0.39 is 0 Å². The molecule has 0 radical (unpaired) electrons. The lowest BCUT2D eigenvalue weighted by molar-refractivity contribution is 0.291. The number of nitrogens with two attached hydrogens (primary N) is 1. The van der Waals surface area contributed by atoms with Crippen LogP contribution in [0, 0.1) is 0 Å². The van der Waals surface area contributed by atoms with Gasteiger partial charge in [0.05, 0.1) is 0 Å². The minimum Gasteiger partial charge on any atom is -0.486 e. The summed E-state index contributed by atoms with van der Waals surface area (Å²) < 4.78 is 7.24. The topological polar surface area (TPSA) is 66.0 Å². The molecule has 0 atom stereocenters. The van der Waals surface area contributed by atoms with E-state index in [9.17, 15) is 0 Å². The fourth-order valence-corrected chi connectivity index (χ4v) is 3.29. The third kappa shape index (κ3) is 4.71. The van der Waals surface area contributed by atoms with Crippen LogP contribution in [-0.4, -0.2) is 14.9 Å². The first-order valence-electron chi connectivity index (χ1n) is 8.32. The van der Waals surface area contributed by atoms with Crippen molar-refractivity contribution in [2.24, 2.45) is 0 Å². The van der Waals surface area contributed by atoms with Crippen LogP contribution in [0.25, 0.3) is 0 Å². The molecule has 3 aromatic rings. The smallest absolute Gasteiger partial charge is 0.210 e. The maximum atomic E-state index is 6.09. The molecular formula is C19H21ClN4OS. The molecule has 136 valence electrons. The molecule has 2 N–H and O–H groups in total. The number of hydrogen-bond acceptors (Lipinski definition) is 5. The number of aromatic nitrogens is 3. The number of thioether (sulfide) groups is 1. The summed E-state index contributed by atoms with van der Waals surface area (Å²) in [6, 6.07) is 15.8. The summed E-state index contributed by atoms with van der Waals surface area (Å²) in [5, 5.41) is 9.64. The van der Waals surface area contributed by atoms with E-state index in [2.05, 4.69) is 36.2 Å². The molecule has 0 unspecified atom stereocenters. The van der Waals surface area contributed by atoms with Crippen molar-refractivity contribution in [1.82, 2.24) is 14.9 Å². The molecular weight excluding hydrogens is 368 g/mol. The van der Waals surface area contributed by atoms with E-state index in [-0.39, 0.29) is 6.61 Å². The molecule has 26 heavy (non-hydrogen) atoms. The van der Waals surface area contributed by atoms with Crippen LogP contribution in [0.2, 0.25) is 5.02 Å². The summed E-state index contributed by atoms with van der Waals surface area (Å²) in [6.07, 6.45) is 0. The van der Waals surface area contributed by atoms with Crippen molar-refractivity contribution in [3.63, 3.8) is 0 Å². The molecule has 0 amide bonds. The van der Waals surface area contributed by atoms with Gasteiger partial charge < -0.3 is 10.6 Å². The Balaban J connectivity index is 1.57. The Morgan fingerprint density at radius 3 is 2.42 bits per heavy atom. The van der Waals surface area contributed by atoms with Crippen LogP contribution in [0.15, 0.2) is 53.7 Å². The van der Waals surface area contributed by atoms with Gasteiger partial charge in [-0.3, -0.25) is 0 Å². The summed E-state index contributed by atoms with van der Waals surface area (Å²) in [5.74, 6) is 8.69. The molecule has 3 rings (SSSR count). The van der Waals surface area contributed by atoms with Crippen LogP contribution in [0.1, 0.15) is 36.7 Å². The largest absolute Gasteiger partial charge is 0.486 e. The first kappa shape index (κ1) is 18.6. The minimum absolute atomic E-state index is 0.270. The minimum atomic E-state index is 0.270. The highest BCUT2D eigenvalue weighted by molar-refractivity contribution is 7.98. The predicted molar refractivity (Wildman–Crippen MR) is 106 cm³/mol. The molecule has 0 aliphatic rings. The van der Waals surface area contributed by atoms with Crippen molar-refractivity contribution >= 4 is 23.4 Å². The van der Waals surface area contributed by atoms with E-state index in [0.717, 1.165) is 22.1 Å². The summed E-state index contributed by atoms with van der Waals surface area (Å²) in [6.45, 7) is 4.60. The van der Waals surface area contributed by atoms with Crippen molar-refractivity contribution in [2.45, 2.75) is 37.3 Å². The zero-order valence-electron chi connectivity index (χ0n) is 14.7. The van der Waals surface area contributed by atoms with Gasteiger partial charge in [-0.25, -0.2) is 4.68 Å². The fraction of sp³-hybridized carbons (Fsp3) is 0.263. The quantitative estimate of drug-likeness (QED) is 0.471. The van der Waals surface area contributed by atoms with Crippen molar-refractivity contribution in [2.75, 3.05) is 5.84 Å². The normalized spacial score (nSPS) is 11.1. The van der Waals surface area contributed by atoms with E-state index in [0.29, 0.717) is 16.9 Å². The first-order valence-corrected chi connectivity index (χ1v) is 9.68. The lowest BCUT2D eigenvalue weighted by Crippen LogP contribution is -2.15. The Bertz CT molecular complexity index is 847. The first-order chi connectivity index (χ1) is 12.5. The molecule has 1 heterocycles. The second-order valence-corrected chi connectivity index (χ2v) is 7.58.